The average molecular weight is 187 g/mol. The number of carbonyl (C=O) groups is 1. The largest absolute Gasteiger partial charge is 0.499 e. The quantitative estimate of drug-likeness (QED) is 0.657. The first-order valence-corrected chi connectivity index (χ1v) is 4.23. The summed E-state index contributed by atoms with van der Waals surface area (Å²) >= 11 is 1.14. The Morgan fingerprint density at radius 3 is 2.83 bits per heavy atom. The Labute approximate surface area is 73.3 Å². The third-order valence-corrected chi connectivity index (χ3v) is 2.20. The molecular weight excluding hydrogens is 178 g/mol. The van der Waals surface area contributed by atoms with E-state index in [1.165, 1.54) is 0 Å². The van der Waals surface area contributed by atoms with Crippen molar-refractivity contribution in [3.63, 3.8) is 0 Å². The predicted molar refractivity (Wildman–Crippen MR) is 45.2 cm³/mol. The lowest BCUT2D eigenvalue weighted by Crippen LogP contribution is -2.14. The van der Waals surface area contributed by atoms with E-state index in [-0.39, 0.29) is 11.5 Å². The van der Waals surface area contributed by atoms with Gasteiger partial charge in [0.25, 0.3) is 0 Å². The molecule has 4 nitrogen and oxygen atoms in total. The first kappa shape index (κ1) is 9.02. The van der Waals surface area contributed by atoms with Crippen LogP contribution in [-0.4, -0.2) is 16.2 Å². The second-order valence-corrected chi connectivity index (χ2v) is 3.28. The number of carboxylic acids is 1. The SMILES string of the molecule is NC(CC(=O)O)c1ccsc1O. The molecule has 0 radical (unpaired) electrons. The van der Waals surface area contributed by atoms with E-state index in [0.717, 1.165) is 11.3 Å². The highest BCUT2D eigenvalue weighted by Crippen LogP contribution is 2.29. The summed E-state index contributed by atoms with van der Waals surface area (Å²) < 4.78 is 0. The Balaban J connectivity index is 2.71. The van der Waals surface area contributed by atoms with Gasteiger partial charge in [-0.25, -0.2) is 0 Å². The van der Waals surface area contributed by atoms with Gasteiger partial charge in [-0.2, -0.15) is 0 Å². The van der Waals surface area contributed by atoms with Crippen molar-refractivity contribution in [1.29, 1.82) is 0 Å². The van der Waals surface area contributed by atoms with Crippen molar-refractivity contribution in [1.82, 2.24) is 0 Å². The van der Waals surface area contributed by atoms with Gasteiger partial charge in [-0.1, -0.05) is 0 Å². The first-order valence-electron chi connectivity index (χ1n) is 3.35. The summed E-state index contributed by atoms with van der Waals surface area (Å²) in [5.74, 6) is -0.965. The topological polar surface area (TPSA) is 83.6 Å². The van der Waals surface area contributed by atoms with Crippen LogP contribution in [0, 0.1) is 0 Å². The summed E-state index contributed by atoms with van der Waals surface area (Å²) in [5.41, 5.74) is 6.01. The van der Waals surface area contributed by atoms with E-state index < -0.39 is 12.0 Å². The molecule has 0 spiro atoms. The van der Waals surface area contributed by atoms with E-state index in [9.17, 15) is 9.90 Å². The Bertz CT molecular complexity index is 284. The van der Waals surface area contributed by atoms with Gasteiger partial charge in [-0.3, -0.25) is 4.79 Å². The molecule has 0 aliphatic heterocycles. The zero-order chi connectivity index (χ0) is 9.14. The lowest BCUT2D eigenvalue weighted by atomic mass is 10.1. The predicted octanol–water partition coefficient (Wildman–Crippen LogP) is 0.928. The fraction of sp³-hybridized carbons (Fsp3) is 0.286. The van der Waals surface area contributed by atoms with Crippen molar-refractivity contribution in [3.8, 4) is 5.06 Å². The summed E-state index contributed by atoms with van der Waals surface area (Å²) in [6.07, 6.45) is -0.162. The molecule has 1 aromatic rings. The second kappa shape index (κ2) is 3.55. The molecule has 0 aliphatic carbocycles. The smallest absolute Gasteiger partial charge is 0.305 e. The van der Waals surface area contributed by atoms with Crippen molar-refractivity contribution < 1.29 is 15.0 Å². The Kier molecular flexibility index (Phi) is 2.67. The molecule has 1 unspecified atom stereocenters. The number of aromatic hydroxyl groups is 1. The van der Waals surface area contributed by atoms with Crippen LogP contribution in [0.15, 0.2) is 11.4 Å². The van der Waals surface area contributed by atoms with Gasteiger partial charge in [0.05, 0.1) is 6.42 Å². The van der Waals surface area contributed by atoms with Crippen molar-refractivity contribution in [2.45, 2.75) is 12.5 Å². The van der Waals surface area contributed by atoms with Gasteiger partial charge in [0.2, 0.25) is 0 Å². The van der Waals surface area contributed by atoms with E-state index in [2.05, 4.69) is 0 Å². The standard InChI is InChI=1S/C7H9NO3S/c8-5(3-6(9)10)4-1-2-12-7(4)11/h1-2,5,11H,3,8H2,(H,9,10). The Morgan fingerprint density at radius 1 is 1.75 bits per heavy atom. The van der Waals surface area contributed by atoms with Crippen molar-refractivity contribution in [2.75, 3.05) is 0 Å². The maximum absolute atomic E-state index is 10.3. The van der Waals surface area contributed by atoms with Crippen LogP contribution in [0.5, 0.6) is 5.06 Å². The molecule has 1 aromatic heterocycles. The zero-order valence-corrected chi connectivity index (χ0v) is 7.04. The van der Waals surface area contributed by atoms with Crippen LogP contribution in [0.1, 0.15) is 18.0 Å². The molecule has 0 fully saturated rings. The normalized spacial score (nSPS) is 12.8. The summed E-state index contributed by atoms with van der Waals surface area (Å²) in [5, 5.41) is 19.4. The molecule has 1 atom stereocenters. The molecule has 66 valence electrons. The summed E-state index contributed by atoms with van der Waals surface area (Å²) in [7, 11) is 0. The van der Waals surface area contributed by atoms with Gasteiger partial charge in [0, 0.05) is 11.6 Å². The lowest BCUT2D eigenvalue weighted by Gasteiger charge is -2.06. The summed E-state index contributed by atoms with van der Waals surface area (Å²) in [4.78, 5) is 10.3. The minimum atomic E-state index is -0.965. The minimum Gasteiger partial charge on any atom is -0.499 e. The van der Waals surface area contributed by atoms with E-state index in [1.54, 1.807) is 11.4 Å². The number of rotatable bonds is 3. The highest BCUT2D eigenvalue weighted by atomic mass is 32.1. The second-order valence-electron chi connectivity index (χ2n) is 2.39. The zero-order valence-electron chi connectivity index (χ0n) is 6.23. The number of hydrogen-bond acceptors (Lipinski definition) is 4. The first-order chi connectivity index (χ1) is 5.61. The van der Waals surface area contributed by atoms with Gasteiger partial charge in [0.15, 0.2) is 5.06 Å². The molecule has 1 heterocycles. The monoisotopic (exact) mass is 187 g/mol. The van der Waals surface area contributed by atoms with E-state index >= 15 is 0 Å². The van der Waals surface area contributed by atoms with E-state index in [0.29, 0.717) is 5.56 Å². The Morgan fingerprint density at radius 2 is 2.42 bits per heavy atom. The highest BCUT2D eigenvalue weighted by molar-refractivity contribution is 7.11. The number of hydrogen-bond donors (Lipinski definition) is 3. The van der Waals surface area contributed by atoms with Gasteiger partial charge >= 0.3 is 5.97 Å². The van der Waals surface area contributed by atoms with Gasteiger partial charge in [-0.05, 0) is 11.4 Å². The highest BCUT2D eigenvalue weighted by Gasteiger charge is 2.14. The molecule has 1 rings (SSSR count). The van der Waals surface area contributed by atoms with Crippen LogP contribution < -0.4 is 5.73 Å². The van der Waals surface area contributed by atoms with Crippen LogP contribution in [0.2, 0.25) is 0 Å². The molecule has 12 heavy (non-hydrogen) atoms. The van der Waals surface area contributed by atoms with Crippen LogP contribution >= 0.6 is 11.3 Å². The molecular formula is C7H9NO3S. The van der Waals surface area contributed by atoms with Gasteiger partial charge in [0.1, 0.15) is 0 Å². The number of nitrogens with two attached hydrogens (primary N) is 1. The average Bonchev–Trinajstić information content (AvgIpc) is 2.33. The van der Waals surface area contributed by atoms with E-state index in [4.69, 9.17) is 10.8 Å². The number of aliphatic carboxylic acids is 1. The third kappa shape index (κ3) is 1.96. The fourth-order valence-electron chi connectivity index (χ4n) is 0.891. The van der Waals surface area contributed by atoms with Crippen LogP contribution in [0.3, 0.4) is 0 Å². The molecule has 0 amide bonds. The van der Waals surface area contributed by atoms with Crippen molar-refractivity contribution in [3.05, 3.63) is 17.0 Å². The molecule has 5 heteroatoms. The summed E-state index contributed by atoms with van der Waals surface area (Å²) in [6, 6.07) is 1.02. The molecule has 0 bridgehead atoms. The van der Waals surface area contributed by atoms with Gasteiger partial charge in [-0.15, -0.1) is 11.3 Å². The van der Waals surface area contributed by atoms with Crippen molar-refractivity contribution in [2.24, 2.45) is 5.73 Å². The molecule has 4 N–H and O–H groups in total. The van der Waals surface area contributed by atoms with Crippen LogP contribution in [0.4, 0.5) is 0 Å². The molecule has 0 aliphatic rings. The molecule has 0 saturated carbocycles. The number of thiophene rings is 1. The van der Waals surface area contributed by atoms with Crippen LogP contribution in [0.25, 0.3) is 0 Å². The van der Waals surface area contributed by atoms with Gasteiger partial charge < -0.3 is 15.9 Å². The van der Waals surface area contributed by atoms with E-state index in [1.807, 2.05) is 0 Å². The summed E-state index contributed by atoms with van der Waals surface area (Å²) in [6.45, 7) is 0. The van der Waals surface area contributed by atoms with Crippen LogP contribution in [-0.2, 0) is 4.79 Å². The minimum absolute atomic E-state index is 0.101. The van der Waals surface area contributed by atoms with Crippen molar-refractivity contribution >= 4 is 17.3 Å². The fourth-order valence-corrected chi connectivity index (χ4v) is 1.59. The third-order valence-electron chi connectivity index (χ3n) is 1.47. The Hall–Kier alpha value is -1.07. The lowest BCUT2D eigenvalue weighted by molar-refractivity contribution is -0.137. The molecule has 0 aromatic carbocycles. The maximum Gasteiger partial charge on any atom is 0.305 e. The molecule has 0 saturated heterocycles. The maximum atomic E-state index is 10.3. The number of carboxylic acid groups (broad SMARTS) is 1.